The minimum Gasteiger partial charge on any atom is -0.351 e. The Hall–Kier alpha value is -1.89. The largest absolute Gasteiger partial charge is 0.351 e. The molecule has 2 N–H and O–H groups in total. The number of likely N-dealkylation sites (N-methyl/N-ethyl adjacent to an activating group) is 1. The third-order valence-electron chi connectivity index (χ3n) is 3.78. The first-order chi connectivity index (χ1) is 10.1. The number of hydrogen-bond donors (Lipinski definition) is 2. The fourth-order valence-corrected chi connectivity index (χ4v) is 2.44. The molecular weight excluding hydrogens is 272 g/mol. The van der Waals surface area contributed by atoms with Crippen LogP contribution in [0.2, 0.25) is 0 Å². The molecule has 0 radical (unpaired) electrons. The molecule has 0 bridgehead atoms. The van der Waals surface area contributed by atoms with Crippen LogP contribution in [0.3, 0.4) is 0 Å². The van der Waals surface area contributed by atoms with Crippen molar-refractivity contribution in [3.05, 3.63) is 11.6 Å². The van der Waals surface area contributed by atoms with E-state index in [1.54, 1.807) is 0 Å². The minimum atomic E-state index is -0.584. The molecule has 2 aliphatic heterocycles. The lowest BCUT2D eigenvalue weighted by molar-refractivity contribution is -0.156. The normalized spacial score (nSPS) is 19.6. The molecule has 7 nitrogen and oxygen atoms in total. The van der Waals surface area contributed by atoms with Crippen LogP contribution in [0.15, 0.2) is 11.6 Å². The molecule has 2 heterocycles. The standard InChI is InChI=1S/C14H22N4O3/c1-2-17-7-8-18(14(21)13(17)20)10-12(19)16-9-11-3-5-15-6-4-11/h3,15H,2,4-10H2,1H3,(H,16,19). The highest BCUT2D eigenvalue weighted by atomic mass is 16.2. The van der Waals surface area contributed by atoms with Gasteiger partial charge in [0.05, 0.1) is 0 Å². The lowest BCUT2D eigenvalue weighted by Gasteiger charge is -2.32. The molecule has 2 rings (SSSR count). The van der Waals surface area contributed by atoms with E-state index >= 15 is 0 Å². The number of carbonyl (C=O) groups excluding carboxylic acids is 3. The molecule has 7 heteroatoms. The number of carbonyl (C=O) groups is 3. The number of hydrogen-bond acceptors (Lipinski definition) is 4. The number of nitrogens with zero attached hydrogens (tertiary/aromatic N) is 2. The molecule has 0 aromatic heterocycles. The van der Waals surface area contributed by atoms with E-state index in [9.17, 15) is 14.4 Å². The van der Waals surface area contributed by atoms with E-state index < -0.39 is 11.8 Å². The smallest absolute Gasteiger partial charge is 0.312 e. The summed E-state index contributed by atoms with van der Waals surface area (Å²) in [7, 11) is 0. The van der Waals surface area contributed by atoms with E-state index in [2.05, 4.69) is 16.7 Å². The van der Waals surface area contributed by atoms with E-state index in [1.807, 2.05) is 6.92 Å². The summed E-state index contributed by atoms with van der Waals surface area (Å²) in [6.45, 7) is 5.48. The third kappa shape index (κ3) is 4.04. The molecule has 0 aromatic rings. The van der Waals surface area contributed by atoms with E-state index in [1.165, 1.54) is 15.4 Å². The quantitative estimate of drug-likeness (QED) is 0.488. The summed E-state index contributed by atoms with van der Waals surface area (Å²) in [5.74, 6) is -1.32. The zero-order valence-electron chi connectivity index (χ0n) is 12.4. The highest BCUT2D eigenvalue weighted by Crippen LogP contribution is 2.05. The van der Waals surface area contributed by atoms with Crippen LogP contribution in [0.25, 0.3) is 0 Å². The molecule has 0 aliphatic carbocycles. The predicted molar refractivity (Wildman–Crippen MR) is 77.4 cm³/mol. The molecule has 0 spiro atoms. The topological polar surface area (TPSA) is 81.8 Å². The van der Waals surface area contributed by atoms with Gasteiger partial charge in [-0.2, -0.15) is 0 Å². The first kappa shape index (κ1) is 15.5. The van der Waals surface area contributed by atoms with Gasteiger partial charge in [0.25, 0.3) is 0 Å². The number of nitrogens with one attached hydrogen (secondary N) is 2. The van der Waals surface area contributed by atoms with Crippen LogP contribution < -0.4 is 10.6 Å². The van der Waals surface area contributed by atoms with Crippen molar-refractivity contribution in [2.24, 2.45) is 0 Å². The Morgan fingerprint density at radius 1 is 1.29 bits per heavy atom. The maximum Gasteiger partial charge on any atom is 0.312 e. The lowest BCUT2D eigenvalue weighted by Crippen LogP contribution is -2.56. The fourth-order valence-electron chi connectivity index (χ4n) is 2.44. The van der Waals surface area contributed by atoms with Crippen molar-refractivity contribution in [3.8, 4) is 0 Å². The maximum absolute atomic E-state index is 11.9. The van der Waals surface area contributed by atoms with Crippen LogP contribution in [-0.2, 0) is 14.4 Å². The number of piperazine rings is 1. The molecule has 2 aliphatic rings. The average Bonchev–Trinajstić information content (AvgIpc) is 2.51. The van der Waals surface area contributed by atoms with Crippen LogP contribution in [-0.4, -0.2) is 73.3 Å². The van der Waals surface area contributed by atoms with Gasteiger partial charge in [0.1, 0.15) is 6.54 Å². The zero-order valence-corrected chi connectivity index (χ0v) is 12.4. The summed E-state index contributed by atoms with van der Waals surface area (Å²) in [4.78, 5) is 38.3. The van der Waals surface area contributed by atoms with Crippen molar-refractivity contribution in [2.45, 2.75) is 13.3 Å². The minimum absolute atomic E-state index is 0.0480. The summed E-state index contributed by atoms with van der Waals surface area (Å²) in [5.41, 5.74) is 1.19. The second kappa shape index (κ2) is 7.21. The summed E-state index contributed by atoms with van der Waals surface area (Å²) in [6.07, 6.45) is 2.99. The lowest BCUT2D eigenvalue weighted by atomic mass is 10.1. The average molecular weight is 294 g/mol. The van der Waals surface area contributed by atoms with E-state index in [0.717, 1.165) is 19.5 Å². The van der Waals surface area contributed by atoms with E-state index in [-0.39, 0.29) is 12.5 Å². The van der Waals surface area contributed by atoms with Gasteiger partial charge in [-0.3, -0.25) is 14.4 Å². The molecule has 1 saturated heterocycles. The molecule has 1 fully saturated rings. The van der Waals surface area contributed by atoms with Gasteiger partial charge in [0.15, 0.2) is 0 Å². The molecule has 0 saturated carbocycles. The highest BCUT2D eigenvalue weighted by molar-refractivity contribution is 6.35. The van der Waals surface area contributed by atoms with Crippen molar-refractivity contribution in [1.82, 2.24) is 20.4 Å². The molecule has 0 atom stereocenters. The van der Waals surface area contributed by atoms with E-state index in [4.69, 9.17) is 0 Å². The number of amides is 3. The van der Waals surface area contributed by atoms with Crippen molar-refractivity contribution in [3.63, 3.8) is 0 Å². The van der Waals surface area contributed by atoms with Gasteiger partial charge in [-0.05, 0) is 19.9 Å². The van der Waals surface area contributed by atoms with Gasteiger partial charge in [-0.15, -0.1) is 0 Å². The molecular formula is C14H22N4O3. The van der Waals surface area contributed by atoms with Crippen molar-refractivity contribution < 1.29 is 14.4 Å². The Balaban J connectivity index is 1.78. The molecule has 21 heavy (non-hydrogen) atoms. The predicted octanol–water partition coefficient (Wildman–Crippen LogP) is -1.29. The van der Waals surface area contributed by atoms with Gasteiger partial charge in [0.2, 0.25) is 5.91 Å². The first-order valence-corrected chi connectivity index (χ1v) is 7.35. The van der Waals surface area contributed by atoms with Gasteiger partial charge >= 0.3 is 11.8 Å². The molecule has 3 amide bonds. The highest BCUT2D eigenvalue weighted by Gasteiger charge is 2.32. The molecule has 116 valence electrons. The second-order valence-electron chi connectivity index (χ2n) is 5.20. The molecule has 0 unspecified atom stereocenters. The second-order valence-corrected chi connectivity index (χ2v) is 5.20. The zero-order chi connectivity index (χ0) is 15.2. The van der Waals surface area contributed by atoms with Gasteiger partial charge in [-0.1, -0.05) is 11.6 Å². The van der Waals surface area contributed by atoms with Crippen molar-refractivity contribution in [2.75, 3.05) is 45.8 Å². The molecule has 0 aromatic carbocycles. The van der Waals surface area contributed by atoms with Gasteiger partial charge in [0, 0.05) is 32.7 Å². The van der Waals surface area contributed by atoms with Gasteiger partial charge in [-0.25, -0.2) is 0 Å². The Bertz CT molecular complexity index is 461. The van der Waals surface area contributed by atoms with Gasteiger partial charge < -0.3 is 20.4 Å². The maximum atomic E-state index is 11.9. The fraction of sp³-hybridized carbons (Fsp3) is 0.643. The third-order valence-corrected chi connectivity index (χ3v) is 3.78. The van der Waals surface area contributed by atoms with E-state index in [0.29, 0.717) is 26.2 Å². The summed E-state index contributed by atoms with van der Waals surface area (Å²) >= 11 is 0. The van der Waals surface area contributed by atoms with Crippen LogP contribution in [0.1, 0.15) is 13.3 Å². The SMILES string of the molecule is CCN1CCN(CC(=O)NCC2=CCNCC2)C(=O)C1=O. The summed E-state index contributed by atoms with van der Waals surface area (Å²) in [6, 6.07) is 0. The Kier molecular flexibility index (Phi) is 5.32. The summed E-state index contributed by atoms with van der Waals surface area (Å²) < 4.78 is 0. The van der Waals surface area contributed by atoms with Crippen molar-refractivity contribution in [1.29, 1.82) is 0 Å². The monoisotopic (exact) mass is 294 g/mol. The Morgan fingerprint density at radius 2 is 2.00 bits per heavy atom. The Labute approximate surface area is 124 Å². The Morgan fingerprint density at radius 3 is 2.67 bits per heavy atom. The van der Waals surface area contributed by atoms with Crippen LogP contribution in [0, 0.1) is 0 Å². The van der Waals surface area contributed by atoms with Crippen molar-refractivity contribution >= 4 is 17.7 Å². The van der Waals surface area contributed by atoms with Crippen LogP contribution in [0.5, 0.6) is 0 Å². The van der Waals surface area contributed by atoms with Crippen LogP contribution >= 0.6 is 0 Å². The van der Waals surface area contributed by atoms with Crippen LogP contribution in [0.4, 0.5) is 0 Å². The first-order valence-electron chi connectivity index (χ1n) is 7.35. The number of rotatable bonds is 5. The summed E-state index contributed by atoms with van der Waals surface area (Å²) in [5, 5.41) is 6.01.